The van der Waals surface area contributed by atoms with Gasteiger partial charge in [0.25, 0.3) is 0 Å². The highest BCUT2D eigenvalue weighted by Crippen LogP contribution is 2.40. The van der Waals surface area contributed by atoms with Gasteiger partial charge in [-0.2, -0.15) is 26.3 Å². The van der Waals surface area contributed by atoms with Crippen LogP contribution in [0.5, 0.6) is 0 Å². The Morgan fingerprint density at radius 3 is 1.33 bits per heavy atom. The summed E-state index contributed by atoms with van der Waals surface area (Å²) in [7, 11) is -2.74. The highest BCUT2D eigenvalue weighted by molar-refractivity contribution is 7.85. The van der Waals surface area contributed by atoms with Crippen LogP contribution in [0.1, 0.15) is 11.1 Å². The fourth-order valence-corrected chi connectivity index (χ4v) is 3.60. The van der Waals surface area contributed by atoms with Gasteiger partial charge < -0.3 is 0 Å². The number of hydrogen-bond donors (Lipinski definition) is 0. The van der Waals surface area contributed by atoms with Crippen LogP contribution in [0, 0.1) is 0 Å². The number of hydrogen-bond acceptors (Lipinski definition) is 1. The van der Waals surface area contributed by atoms with Gasteiger partial charge in [-0.3, -0.25) is 0 Å². The highest BCUT2D eigenvalue weighted by atomic mass is 35.5. The zero-order valence-electron chi connectivity index (χ0n) is 11.3. The molecule has 0 aromatic heterocycles. The molecular weight excluding hydrogens is 401 g/mol. The zero-order chi connectivity index (χ0) is 18.3. The molecule has 0 spiro atoms. The first kappa shape index (κ1) is 19.1. The third kappa shape index (κ3) is 4.04. The standard InChI is InChI=1S/C14H6Cl2F6OS/c15-7-1-3-11(9(5-7)13(17,18)19)24(23)12-4-2-8(16)6-10(12)14(20,21)22/h1-6H. The van der Waals surface area contributed by atoms with Gasteiger partial charge in [0.05, 0.1) is 31.7 Å². The van der Waals surface area contributed by atoms with Crippen molar-refractivity contribution in [1.82, 2.24) is 0 Å². The van der Waals surface area contributed by atoms with E-state index in [0.29, 0.717) is 12.1 Å². The average Bonchev–Trinajstić information content (AvgIpc) is 2.44. The Bertz CT molecular complexity index is 735. The lowest BCUT2D eigenvalue weighted by molar-refractivity contribution is -0.140. The Morgan fingerprint density at radius 2 is 1.04 bits per heavy atom. The lowest BCUT2D eigenvalue weighted by atomic mass is 10.2. The fraction of sp³-hybridized carbons (Fsp3) is 0.143. The zero-order valence-corrected chi connectivity index (χ0v) is 13.6. The van der Waals surface area contributed by atoms with Crippen LogP contribution < -0.4 is 0 Å². The minimum atomic E-state index is -4.93. The molecule has 1 nitrogen and oxygen atoms in total. The van der Waals surface area contributed by atoms with E-state index < -0.39 is 44.1 Å². The quantitative estimate of drug-likeness (QED) is 0.542. The van der Waals surface area contributed by atoms with Crippen LogP contribution in [0.4, 0.5) is 26.3 Å². The molecular formula is C14H6Cl2F6OS. The minimum absolute atomic E-state index is 0.282. The van der Waals surface area contributed by atoms with Crippen molar-refractivity contribution in [2.75, 3.05) is 0 Å². The monoisotopic (exact) mass is 406 g/mol. The van der Waals surface area contributed by atoms with Crippen molar-refractivity contribution >= 4 is 34.0 Å². The normalized spacial score (nSPS) is 12.7. The van der Waals surface area contributed by atoms with Gasteiger partial charge in [-0.05, 0) is 36.4 Å². The largest absolute Gasteiger partial charge is 0.417 e. The molecule has 0 saturated heterocycles. The van der Waals surface area contributed by atoms with Gasteiger partial charge in [-0.25, -0.2) is 4.21 Å². The van der Waals surface area contributed by atoms with Crippen LogP contribution in [0.15, 0.2) is 46.2 Å². The topological polar surface area (TPSA) is 17.1 Å². The predicted molar refractivity (Wildman–Crippen MR) is 77.6 cm³/mol. The van der Waals surface area contributed by atoms with E-state index in [9.17, 15) is 30.6 Å². The molecule has 0 heterocycles. The third-order valence-corrected chi connectivity index (χ3v) is 4.87. The summed E-state index contributed by atoms with van der Waals surface area (Å²) < 4.78 is 90.8. The maximum Gasteiger partial charge on any atom is 0.417 e. The summed E-state index contributed by atoms with van der Waals surface area (Å²) in [5.74, 6) is 0. The van der Waals surface area contributed by atoms with Crippen molar-refractivity contribution < 1.29 is 30.6 Å². The van der Waals surface area contributed by atoms with Gasteiger partial charge in [-0.15, -0.1) is 0 Å². The Morgan fingerprint density at radius 1 is 0.708 bits per heavy atom. The van der Waals surface area contributed by atoms with Crippen LogP contribution in [-0.4, -0.2) is 4.21 Å². The van der Waals surface area contributed by atoms with Gasteiger partial charge in [-0.1, -0.05) is 23.2 Å². The molecule has 0 bridgehead atoms. The van der Waals surface area contributed by atoms with Gasteiger partial charge in [0.15, 0.2) is 0 Å². The van der Waals surface area contributed by atoms with E-state index in [1.54, 1.807) is 0 Å². The molecule has 2 rings (SSSR count). The van der Waals surface area contributed by atoms with Crippen molar-refractivity contribution in [3.05, 3.63) is 57.6 Å². The second-order valence-corrected chi connectivity index (χ2v) is 6.84. The van der Waals surface area contributed by atoms with E-state index in [-0.39, 0.29) is 10.0 Å². The molecule has 130 valence electrons. The lowest BCUT2D eigenvalue weighted by Crippen LogP contribution is -2.14. The minimum Gasteiger partial charge on any atom is -0.249 e. The molecule has 2 aromatic rings. The van der Waals surface area contributed by atoms with Crippen LogP contribution in [0.3, 0.4) is 0 Å². The van der Waals surface area contributed by atoms with E-state index in [4.69, 9.17) is 23.2 Å². The number of rotatable bonds is 2. The molecule has 0 aliphatic heterocycles. The number of alkyl halides is 6. The summed E-state index contributed by atoms with van der Waals surface area (Å²) in [4.78, 5) is -1.64. The molecule has 0 fully saturated rings. The second-order valence-electron chi connectivity index (χ2n) is 4.55. The van der Waals surface area contributed by atoms with Gasteiger partial charge in [0.2, 0.25) is 0 Å². The van der Waals surface area contributed by atoms with Crippen molar-refractivity contribution in [3.63, 3.8) is 0 Å². The summed E-state index contributed by atoms with van der Waals surface area (Å²) in [6.07, 6.45) is -9.86. The van der Waals surface area contributed by atoms with Crippen LogP contribution in [0.25, 0.3) is 0 Å². The maximum atomic E-state index is 13.1. The Hall–Kier alpha value is -1.25. The molecule has 0 unspecified atom stereocenters. The molecule has 0 aliphatic carbocycles. The smallest absolute Gasteiger partial charge is 0.249 e. The van der Waals surface area contributed by atoms with Crippen LogP contribution in [0.2, 0.25) is 10.0 Å². The number of benzene rings is 2. The van der Waals surface area contributed by atoms with E-state index in [2.05, 4.69) is 0 Å². The predicted octanol–water partition coefficient (Wildman–Crippen LogP) is 6.20. The molecule has 0 amide bonds. The molecule has 24 heavy (non-hydrogen) atoms. The molecule has 0 radical (unpaired) electrons. The molecule has 10 heteroatoms. The summed E-state index contributed by atoms with van der Waals surface area (Å²) in [5.41, 5.74) is -2.73. The van der Waals surface area contributed by atoms with E-state index >= 15 is 0 Å². The number of halogens is 8. The van der Waals surface area contributed by atoms with E-state index in [0.717, 1.165) is 24.3 Å². The first-order valence-corrected chi connectivity index (χ1v) is 7.97. The molecule has 0 saturated carbocycles. The first-order valence-electron chi connectivity index (χ1n) is 6.06. The van der Waals surface area contributed by atoms with Crippen LogP contribution in [-0.2, 0) is 23.2 Å². The Kier molecular flexibility index (Phi) is 5.22. The Labute approximate surface area is 144 Å². The van der Waals surface area contributed by atoms with E-state index in [1.807, 2.05) is 0 Å². The van der Waals surface area contributed by atoms with Gasteiger partial charge in [0.1, 0.15) is 0 Å². The fourth-order valence-electron chi connectivity index (χ4n) is 1.89. The summed E-state index contributed by atoms with van der Waals surface area (Å²) in [6.45, 7) is 0. The van der Waals surface area contributed by atoms with Gasteiger partial charge in [0, 0.05) is 10.0 Å². The summed E-state index contributed by atoms with van der Waals surface area (Å²) in [5, 5.41) is -0.564. The van der Waals surface area contributed by atoms with Crippen LogP contribution >= 0.6 is 23.2 Å². The third-order valence-electron chi connectivity index (χ3n) is 2.89. The van der Waals surface area contributed by atoms with Crippen molar-refractivity contribution in [2.24, 2.45) is 0 Å². The molecule has 0 atom stereocenters. The second kappa shape index (κ2) is 6.57. The molecule has 2 aromatic carbocycles. The Balaban J connectivity index is 2.68. The SMILES string of the molecule is O=S(c1ccc(Cl)cc1C(F)(F)F)c1ccc(Cl)cc1C(F)(F)F. The molecule has 0 N–H and O–H groups in total. The van der Waals surface area contributed by atoms with Gasteiger partial charge >= 0.3 is 12.4 Å². The van der Waals surface area contributed by atoms with E-state index in [1.165, 1.54) is 0 Å². The van der Waals surface area contributed by atoms with Crippen molar-refractivity contribution in [1.29, 1.82) is 0 Å². The maximum absolute atomic E-state index is 13.1. The average molecular weight is 407 g/mol. The lowest BCUT2D eigenvalue weighted by Gasteiger charge is -2.16. The molecule has 0 aliphatic rings. The van der Waals surface area contributed by atoms with Crippen molar-refractivity contribution in [3.8, 4) is 0 Å². The van der Waals surface area contributed by atoms with Crippen molar-refractivity contribution in [2.45, 2.75) is 22.1 Å². The summed E-state index contributed by atoms with van der Waals surface area (Å²) >= 11 is 11.0. The summed E-state index contributed by atoms with van der Waals surface area (Å²) in [6, 6.07) is 4.64. The highest BCUT2D eigenvalue weighted by Gasteiger charge is 2.39. The first-order chi connectivity index (χ1) is 10.9.